The summed E-state index contributed by atoms with van der Waals surface area (Å²) in [6, 6.07) is 24.3. The van der Waals surface area contributed by atoms with Crippen LogP contribution in [0.2, 0.25) is 5.02 Å². The second-order valence-corrected chi connectivity index (χ2v) is 11.8. The van der Waals surface area contributed by atoms with Crippen LogP contribution in [0.5, 0.6) is 17.2 Å². The topological polar surface area (TPSA) is 115 Å². The molecule has 3 N–H and O–H groups in total. The molecule has 0 aliphatic heterocycles. The molecule has 4 aromatic carbocycles. The molecule has 0 saturated heterocycles. The Morgan fingerprint density at radius 3 is 2.13 bits per heavy atom. The number of anilines is 2. The molecule has 0 aliphatic carbocycles. The average Bonchev–Trinajstić information content (AvgIpc) is 3.06. The van der Waals surface area contributed by atoms with Crippen molar-refractivity contribution in [3.63, 3.8) is 0 Å². The van der Waals surface area contributed by atoms with Gasteiger partial charge in [-0.15, -0.1) is 11.8 Å². The predicted molar refractivity (Wildman–Crippen MR) is 183 cm³/mol. The van der Waals surface area contributed by atoms with Crippen molar-refractivity contribution in [2.45, 2.75) is 24.0 Å². The van der Waals surface area contributed by atoms with Gasteiger partial charge < -0.3 is 30.2 Å². The van der Waals surface area contributed by atoms with Gasteiger partial charge in [-0.1, -0.05) is 41.9 Å². The molecule has 3 amide bonds. The summed E-state index contributed by atoms with van der Waals surface area (Å²) in [5.74, 6) is 0.00562. The second kappa shape index (κ2) is 15.9. The summed E-state index contributed by atoms with van der Waals surface area (Å²) >= 11 is 7.53. The monoisotopic (exact) mass is 659 g/mol. The zero-order chi connectivity index (χ0) is 33.2. The highest BCUT2D eigenvalue weighted by Gasteiger charge is 2.19. The van der Waals surface area contributed by atoms with Gasteiger partial charge in [-0.05, 0) is 74.0 Å². The highest BCUT2D eigenvalue weighted by Crippen LogP contribution is 2.36. The molecule has 0 spiro atoms. The molecule has 0 aromatic heterocycles. The van der Waals surface area contributed by atoms with Gasteiger partial charge in [-0.25, -0.2) is 0 Å². The van der Waals surface area contributed by atoms with Crippen LogP contribution in [0, 0.1) is 6.92 Å². The van der Waals surface area contributed by atoms with Crippen LogP contribution in [0.4, 0.5) is 11.4 Å². The van der Waals surface area contributed by atoms with E-state index in [2.05, 4.69) is 16.0 Å². The van der Waals surface area contributed by atoms with E-state index in [0.29, 0.717) is 44.8 Å². The Balaban J connectivity index is 1.57. The molecule has 1 unspecified atom stereocenters. The molecule has 1 atom stereocenters. The quantitative estimate of drug-likeness (QED) is 0.109. The summed E-state index contributed by atoms with van der Waals surface area (Å²) in [4.78, 5) is 40.4. The van der Waals surface area contributed by atoms with E-state index < -0.39 is 17.1 Å². The third kappa shape index (κ3) is 8.83. The number of aryl methyl sites for hydroxylation is 1. The van der Waals surface area contributed by atoms with Crippen molar-refractivity contribution < 1.29 is 28.6 Å². The number of hydrogen-bond donors (Lipinski definition) is 3. The highest BCUT2D eigenvalue weighted by molar-refractivity contribution is 8.00. The SMILES string of the molecule is COc1cc(OC)c(OC)cc1/C=C(/NC(=O)c1ccccc1)C(=O)Nc1cccc(SC(C)C(=O)Nc2ccc(C)c(Cl)c2)c1. The van der Waals surface area contributed by atoms with E-state index in [1.54, 1.807) is 79.7 Å². The number of carbonyl (C=O) groups excluding carboxylic acids is 3. The Labute approximate surface area is 277 Å². The van der Waals surface area contributed by atoms with Gasteiger partial charge in [-0.2, -0.15) is 0 Å². The van der Waals surface area contributed by atoms with Crippen molar-refractivity contribution in [3.05, 3.63) is 112 Å². The lowest BCUT2D eigenvalue weighted by molar-refractivity contribution is -0.115. The van der Waals surface area contributed by atoms with Gasteiger partial charge in [0.1, 0.15) is 11.4 Å². The predicted octanol–water partition coefficient (Wildman–Crippen LogP) is 7.20. The fourth-order valence-corrected chi connectivity index (χ4v) is 5.39. The van der Waals surface area contributed by atoms with E-state index in [4.69, 9.17) is 25.8 Å². The van der Waals surface area contributed by atoms with E-state index in [-0.39, 0.29) is 11.6 Å². The maximum absolute atomic E-state index is 13.7. The number of rotatable bonds is 12. The molecule has 0 bridgehead atoms. The maximum atomic E-state index is 13.7. The number of methoxy groups -OCH3 is 3. The standard InChI is InChI=1S/C35H34ClN3O6S/c1-21-14-15-26(19-28(21)36)37-33(40)22(2)46-27-13-9-12-25(18-27)38-35(42)29(39-34(41)23-10-7-6-8-11-23)16-24-17-31(44-4)32(45-5)20-30(24)43-3/h6-20,22H,1-5H3,(H,37,40)(H,38,42)(H,39,41)/b29-16+. The first-order valence-corrected chi connectivity index (χ1v) is 15.4. The Kier molecular flexibility index (Phi) is 11.7. The molecule has 0 saturated carbocycles. The van der Waals surface area contributed by atoms with Gasteiger partial charge in [-0.3, -0.25) is 14.4 Å². The molecular formula is C35H34ClN3O6S. The minimum atomic E-state index is -0.578. The lowest BCUT2D eigenvalue weighted by Gasteiger charge is -2.15. The van der Waals surface area contributed by atoms with Gasteiger partial charge in [0, 0.05) is 38.5 Å². The lowest BCUT2D eigenvalue weighted by atomic mass is 10.1. The van der Waals surface area contributed by atoms with Crippen molar-refractivity contribution >= 4 is 58.5 Å². The second-order valence-electron chi connectivity index (χ2n) is 10.0. The molecule has 0 aliphatic rings. The molecule has 0 fully saturated rings. The van der Waals surface area contributed by atoms with Gasteiger partial charge in [0.2, 0.25) is 5.91 Å². The molecule has 0 radical (unpaired) electrons. The van der Waals surface area contributed by atoms with Crippen LogP contribution >= 0.6 is 23.4 Å². The summed E-state index contributed by atoms with van der Waals surface area (Å²) in [7, 11) is 4.49. The first-order chi connectivity index (χ1) is 22.1. The summed E-state index contributed by atoms with van der Waals surface area (Å²) in [5, 5.41) is 8.58. The molecule has 4 aromatic rings. The van der Waals surface area contributed by atoms with Crippen LogP contribution < -0.4 is 30.2 Å². The molecule has 4 rings (SSSR count). The summed E-state index contributed by atoms with van der Waals surface area (Å²) in [6.07, 6.45) is 1.50. The number of hydrogen-bond acceptors (Lipinski definition) is 7. The van der Waals surface area contributed by atoms with E-state index in [0.717, 1.165) is 10.5 Å². The normalized spacial score (nSPS) is 11.7. The third-order valence-corrected chi connectivity index (χ3v) is 8.28. The van der Waals surface area contributed by atoms with Gasteiger partial charge >= 0.3 is 0 Å². The zero-order valence-corrected chi connectivity index (χ0v) is 27.5. The van der Waals surface area contributed by atoms with Crippen LogP contribution in [0.3, 0.4) is 0 Å². The summed E-state index contributed by atoms with van der Waals surface area (Å²) in [6.45, 7) is 3.68. The summed E-state index contributed by atoms with van der Waals surface area (Å²) < 4.78 is 16.3. The Morgan fingerprint density at radius 1 is 0.783 bits per heavy atom. The lowest BCUT2D eigenvalue weighted by Crippen LogP contribution is -2.30. The first kappa shape index (κ1) is 34.0. The Morgan fingerprint density at radius 2 is 1.46 bits per heavy atom. The van der Waals surface area contributed by atoms with E-state index >= 15 is 0 Å². The zero-order valence-electron chi connectivity index (χ0n) is 26.0. The largest absolute Gasteiger partial charge is 0.496 e. The number of nitrogens with one attached hydrogen (secondary N) is 3. The van der Waals surface area contributed by atoms with Gasteiger partial charge in [0.25, 0.3) is 11.8 Å². The molecule has 9 nitrogen and oxygen atoms in total. The van der Waals surface area contributed by atoms with E-state index in [1.165, 1.54) is 39.2 Å². The molecule has 11 heteroatoms. The fourth-order valence-electron chi connectivity index (χ4n) is 4.28. The smallest absolute Gasteiger partial charge is 0.272 e. The van der Waals surface area contributed by atoms with Crippen molar-refractivity contribution in [2.75, 3.05) is 32.0 Å². The van der Waals surface area contributed by atoms with Crippen molar-refractivity contribution in [1.82, 2.24) is 5.32 Å². The molecule has 0 heterocycles. The Hall–Kier alpha value is -4.93. The number of halogens is 1. The van der Waals surface area contributed by atoms with Crippen molar-refractivity contribution in [2.24, 2.45) is 0 Å². The minimum absolute atomic E-state index is 0.0399. The van der Waals surface area contributed by atoms with Crippen LogP contribution in [0.1, 0.15) is 28.4 Å². The first-order valence-electron chi connectivity index (χ1n) is 14.1. The number of ether oxygens (including phenoxy) is 3. The molecule has 46 heavy (non-hydrogen) atoms. The van der Waals surface area contributed by atoms with Crippen molar-refractivity contribution in [1.29, 1.82) is 0 Å². The molecular weight excluding hydrogens is 626 g/mol. The van der Waals surface area contributed by atoms with Crippen LogP contribution in [0.15, 0.2) is 95.5 Å². The minimum Gasteiger partial charge on any atom is -0.496 e. The summed E-state index contributed by atoms with van der Waals surface area (Å²) in [5.41, 5.74) is 2.80. The highest BCUT2D eigenvalue weighted by atomic mass is 35.5. The van der Waals surface area contributed by atoms with Crippen molar-refractivity contribution in [3.8, 4) is 17.2 Å². The maximum Gasteiger partial charge on any atom is 0.272 e. The number of carbonyl (C=O) groups is 3. The van der Waals surface area contributed by atoms with E-state index in [1.807, 2.05) is 19.1 Å². The van der Waals surface area contributed by atoms with E-state index in [9.17, 15) is 14.4 Å². The van der Waals surface area contributed by atoms with Gasteiger partial charge in [0.05, 0.1) is 26.6 Å². The molecule has 238 valence electrons. The van der Waals surface area contributed by atoms with Crippen LogP contribution in [-0.4, -0.2) is 44.3 Å². The van der Waals surface area contributed by atoms with Gasteiger partial charge in [0.15, 0.2) is 11.5 Å². The fraction of sp³-hybridized carbons (Fsp3) is 0.171. The number of benzene rings is 4. The van der Waals surface area contributed by atoms with Crippen LogP contribution in [-0.2, 0) is 9.59 Å². The third-order valence-electron chi connectivity index (χ3n) is 6.78. The van der Waals surface area contributed by atoms with Crippen LogP contribution in [0.25, 0.3) is 6.08 Å². The number of amides is 3. The number of thioether (sulfide) groups is 1. The average molecular weight is 660 g/mol. The Bertz CT molecular complexity index is 1760.